The van der Waals surface area contributed by atoms with Crippen LogP contribution in [0.3, 0.4) is 0 Å². The Bertz CT molecular complexity index is 666. The van der Waals surface area contributed by atoms with Gasteiger partial charge in [-0.25, -0.2) is 0 Å². The first-order chi connectivity index (χ1) is 9.88. The number of benzene rings is 2. The second kappa shape index (κ2) is 6.18. The van der Waals surface area contributed by atoms with E-state index in [4.69, 9.17) is 11.6 Å². The molecule has 2 nitrogen and oxygen atoms in total. The topological polar surface area (TPSA) is 24.4 Å². The minimum absolute atomic E-state index is 0.0913. The van der Waals surface area contributed by atoms with Crippen LogP contribution < -0.4 is 5.43 Å². The second-order valence-corrected chi connectivity index (χ2v) is 4.80. The number of hydrogen-bond donors (Lipinski definition) is 1. The molecule has 0 spiro atoms. The standard InChI is InChI=1S/C15H12ClF3N2/c1-10(11-5-4-6-12(16)9-11)20-21-14-8-3-2-7-13(14)15(17,18)19/h2-9,21H,1H3/b20-10+. The highest BCUT2D eigenvalue weighted by Gasteiger charge is 2.33. The van der Waals surface area contributed by atoms with E-state index in [2.05, 4.69) is 10.5 Å². The summed E-state index contributed by atoms with van der Waals surface area (Å²) in [5, 5.41) is 4.53. The first kappa shape index (κ1) is 15.4. The van der Waals surface area contributed by atoms with Crippen LogP contribution in [0.1, 0.15) is 18.1 Å². The Morgan fingerprint density at radius 3 is 2.48 bits per heavy atom. The van der Waals surface area contributed by atoms with E-state index in [9.17, 15) is 13.2 Å². The number of nitrogens with one attached hydrogen (secondary N) is 1. The fraction of sp³-hybridized carbons (Fsp3) is 0.133. The maximum Gasteiger partial charge on any atom is 0.418 e. The predicted molar refractivity (Wildman–Crippen MR) is 78.7 cm³/mol. The number of para-hydroxylation sites is 1. The van der Waals surface area contributed by atoms with E-state index >= 15 is 0 Å². The van der Waals surface area contributed by atoms with E-state index in [1.807, 2.05) is 0 Å². The molecule has 110 valence electrons. The lowest BCUT2D eigenvalue weighted by Crippen LogP contribution is -2.09. The highest BCUT2D eigenvalue weighted by atomic mass is 35.5. The van der Waals surface area contributed by atoms with Gasteiger partial charge in [-0.1, -0.05) is 35.9 Å². The van der Waals surface area contributed by atoms with E-state index < -0.39 is 11.7 Å². The molecule has 2 rings (SSSR count). The van der Waals surface area contributed by atoms with Crippen LogP contribution in [0.15, 0.2) is 53.6 Å². The summed E-state index contributed by atoms with van der Waals surface area (Å²) in [5.41, 5.74) is 2.89. The van der Waals surface area contributed by atoms with Gasteiger partial charge in [-0.3, -0.25) is 5.43 Å². The van der Waals surface area contributed by atoms with Crippen molar-refractivity contribution >= 4 is 23.0 Å². The summed E-state index contributed by atoms with van der Waals surface area (Å²) in [6, 6.07) is 12.1. The maximum absolute atomic E-state index is 12.8. The molecule has 0 unspecified atom stereocenters. The largest absolute Gasteiger partial charge is 0.418 e. The molecule has 1 N–H and O–H groups in total. The highest BCUT2D eigenvalue weighted by molar-refractivity contribution is 6.31. The fourth-order valence-electron chi connectivity index (χ4n) is 1.75. The van der Waals surface area contributed by atoms with Gasteiger partial charge in [0, 0.05) is 5.02 Å². The van der Waals surface area contributed by atoms with E-state index in [0.29, 0.717) is 10.7 Å². The van der Waals surface area contributed by atoms with Crippen molar-refractivity contribution in [2.45, 2.75) is 13.1 Å². The molecule has 6 heteroatoms. The number of halogens is 4. The van der Waals surface area contributed by atoms with Gasteiger partial charge < -0.3 is 0 Å². The summed E-state index contributed by atoms with van der Waals surface area (Å²) in [7, 11) is 0. The summed E-state index contributed by atoms with van der Waals surface area (Å²) in [4.78, 5) is 0. The summed E-state index contributed by atoms with van der Waals surface area (Å²) in [6.07, 6.45) is -4.43. The molecule has 0 fully saturated rings. The van der Waals surface area contributed by atoms with Crippen LogP contribution in [-0.4, -0.2) is 5.71 Å². The first-order valence-electron chi connectivity index (χ1n) is 6.10. The van der Waals surface area contributed by atoms with Gasteiger partial charge in [0.25, 0.3) is 0 Å². The smallest absolute Gasteiger partial charge is 0.278 e. The molecule has 0 amide bonds. The zero-order valence-electron chi connectivity index (χ0n) is 11.1. The number of nitrogens with zero attached hydrogens (tertiary/aromatic N) is 1. The van der Waals surface area contributed by atoms with Gasteiger partial charge in [-0.05, 0) is 36.8 Å². The van der Waals surface area contributed by atoms with Crippen LogP contribution >= 0.6 is 11.6 Å². The van der Waals surface area contributed by atoms with Gasteiger partial charge in [0.2, 0.25) is 0 Å². The van der Waals surface area contributed by atoms with Gasteiger partial charge in [0.05, 0.1) is 17.0 Å². The normalized spacial score (nSPS) is 12.3. The van der Waals surface area contributed by atoms with Crippen LogP contribution in [0.4, 0.5) is 18.9 Å². The molecule has 0 aliphatic carbocycles. The van der Waals surface area contributed by atoms with Crippen LogP contribution in [0.25, 0.3) is 0 Å². The van der Waals surface area contributed by atoms with Crippen molar-refractivity contribution < 1.29 is 13.2 Å². The molecule has 0 saturated heterocycles. The van der Waals surface area contributed by atoms with E-state index in [0.717, 1.165) is 11.6 Å². The van der Waals surface area contributed by atoms with E-state index in [-0.39, 0.29) is 5.69 Å². The molecule has 0 aliphatic rings. The summed E-state index contributed by atoms with van der Waals surface area (Å²) in [6.45, 7) is 1.69. The first-order valence-corrected chi connectivity index (χ1v) is 6.48. The molecule has 0 saturated carbocycles. The SMILES string of the molecule is C/C(=N\Nc1ccccc1C(F)(F)F)c1cccc(Cl)c1. The number of hydrazone groups is 1. The zero-order chi connectivity index (χ0) is 15.5. The minimum Gasteiger partial charge on any atom is -0.278 e. The second-order valence-electron chi connectivity index (χ2n) is 4.36. The van der Waals surface area contributed by atoms with Crippen LogP contribution in [0.5, 0.6) is 0 Å². The van der Waals surface area contributed by atoms with Crippen LogP contribution in [0.2, 0.25) is 5.02 Å². The average molecular weight is 313 g/mol. The predicted octanol–water partition coefficient (Wildman–Crippen LogP) is 5.19. The van der Waals surface area contributed by atoms with Crippen molar-refractivity contribution in [1.82, 2.24) is 0 Å². The van der Waals surface area contributed by atoms with Gasteiger partial charge in [0.15, 0.2) is 0 Å². The molecule has 0 heterocycles. The van der Waals surface area contributed by atoms with Crippen molar-refractivity contribution in [3.05, 3.63) is 64.7 Å². The molecule has 0 radical (unpaired) electrons. The Kier molecular flexibility index (Phi) is 4.53. The van der Waals surface area contributed by atoms with Crippen LogP contribution in [0, 0.1) is 0 Å². The van der Waals surface area contributed by atoms with Crippen molar-refractivity contribution in [2.75, 3.05) is 5.43 Å². The molecule has 0 aliphatic heterocycles. The lowest BCUT2D eigenvalue weighted by molar-refractivity contribution is -0.136. The van der Waals surface area contributed by atoms with Crippen LogP contribution in [-0.2, 0) is 6.18 Å². The molecule has 0 atom stereocenters. The monoisotopic (exact) mass is 312 g/mol. The summed E-state index contributed by atoms with van der Waals surface area (Å²) < 4.78 is 38.5. The third-order valence-electron chi connectivity index (χ3n) is 2.82. The van der Waals surface area contributed by atoms with Gasteiger partial charge in [-0.15, -0.1) is 0 Å². The summed E-state index contributed by atoms with van der Waals surface area (Å²) >= 11 is 5.87. The zero-order valence-corrected chi connectivity index (χ0v) is 11.8. The molecule has 0 aromatic heterocycles. The molecule has 21 heavy (non-hydrogen) atoms. The Morgan fingerprint density at radius 2 is 1.81 bits per heavy atom. The molecule has 0 bridgehead atoms. The van der Waals surface area contributed by atoms with Gasteiger partial charge in [0.1, 0.15) is 0 Å². The quantitative estimate of drug-likeness (QED) is 0.611. The minimum atomic E-state index is -4.43. The highest BCUT2D eigenvalue weighted by Crippen LogP contribution is 2.34. The Balaban J connectivity index is 2.25. The fourth-order valence-corrected chi connectivity index (χ4v) is 1.94. The third kappa shape index (κ3) is 3.98. The summed E-state index contributed by atoms with van der Waals surface area (Å²) in [5.74, 6) is 0. The molecular formula is C15H12ClF3N2. The molecular weight excluding hydrogens is 301 g/mol. The maximum atomic E-state index is 12.8. The Hall–Kier alpha value is -2.01. The van der Waals surface area contributed by atoms with E-state index in [1.165, 1.54) is 18.2 Å². The number of hydrogen-bond acceptors (Lipinski definition) is 2. The lowest BCUT2D eigenvalue weighted by atomic mass is 10.1. The number of anilines is 1. The molecule has 2 aromatic carbocycles. The van der Waals surface area contributed by atoms with Crippen molar-refractivity contribution in [3.63, 3.8) is 0 Å². The molecule has 2 aromatic rings. The number of rotatable bonds is 3. The number of alkyl halides is 3. The van der Waals surface area contributed by atoms with Crippen molar-refractivity contribution in [3.8, 4) is 0 Å². The lowest BCUT2D eigenvalue weighted by Gasteiger charge is -2.12. The Labute approximate surface area is 125 Å². The van der Waals surface area contributed by atoms with E-state index in [1.54, 1.807) is 31.2 Å². The Morgan fingerprint density at radius 1 is 1.10 bits per heavy atom. The van der Waals surface area contributed by atoms with Gasteiger partial charge in [-0.2, -0.15) is 18.3 Å². The van der Waals surface area contributed by atoms with Gasteiger partial charge >= 0.3 is 6.18 Å². The van der Waals surface area contributed by atoms with Crippen molar-refractivity contribution in [2.24, 2.45) is 5.10 Å². The average Bonchev–Trinajstić information content (AvgIpc) is 2.44. The van der Waals surface area contributed by atoms with Crippen molar-refractivity contribution in [1.29, 1.82) is 0 Å². The third-order valence-corrected chi connectivity index (χ3v) is 3.05.